The Bertz CT molecular complexity index is 336. The molecule has 15 heavy (non-hydrogen) atoms. The van der Waals surface area contributed by atoms with Crippen LogP contribution < -0.4 is 0 Å². The molecule has 3 nitrogen and oxygen atoms in total. The number of carboxylic acids is 1. The summed E-state index contributed by atoms with van der Waals surface area (Å²) in [5.41, 5.74) is 0. The summed E-state index contributed by atoms with van der Waals surface area (Å²) in [4.78, 5) is 14.5. The van der Waals surface area contributed by atoms with E-state index in [9.17, 15) is 4.79 Å². The molecule has 1 aliphatic heterocycles. The fourth-order valence-electron chi connectivity index (χ4n) is 2.16. The number of nitrogens with zero attached hydrogens (tertiary/aromatic N) is 1. The molecule has 0 saturated carbocycles. The van der Waals surface area contributed by atoms with Crippen molar-refractivity contribution in [2.45, 2.75) is 25.9 Å². The van der Waals surface area contributed by atoms with Gasteiger partial charge in [0.15, 0.2) is 0 Å². The highest BCUT2D eigenvalue weighted by Crippen LogP contribution is 2.26. The van der Waals surface area contributed by atoms with E-state index in [0.717, 1.165) is 19.5 Å². The molecule has 2 rings (SSSR count). The Hall–Kier alpha value is -0.870. The summed E-state index contributed by atoms with van der Waals surface area (Å²) in [6.45, 7) is 3.80. The van der Waals surface area contributed by atoms with Crippen LogP contribution in [0.3, 0.4) is 0 Å². The van der Waals surface area contributed by atoms with Gasteiger partial charge in [-0.3, -0.25) is 9.69 Å². The molecular weight excluding hydrogens is 210 g/mol. The molecule has 1 fully saturated rings. The van der Waals surface area contributed by atoms with Crippen molar-refractivity contribution in [1.29, 1.82) is 0 Å². The average molecular weight is 225 g/mol. The highest BCUT2D eigenvalue weighted by atomic mass is 32.1. The lowest BCUT2D eigenvalue weighted by molar-refractivity contribution is -0.142. The molecule has 0 bridgehead atoms. The van der Waals surface area contributed by atoms with Gasteiger partial charge in [0.25, 0.3) is 0 Å². The van der Waals surface area contributed by atoms with E-state index in [1.54, 1.807) is 11.3 Å². The normalized spacial score (nSPS) is 27.0. The molecule has 2 unspecified atom stereocenters. The zero-order valence-corrected chi connectivity index (χ0v) is 9.54. The second kappa shape index (κ2) is 4.33. The van der Waals surface area contributed by atoms with Crippen molar-refractivity contribution in [2.24, 2.45) is 5.92 Å². The van der Waals surface area contributed by atoms with Crippen LogP contribution in [0.2, 0.25) is 0 Å². The van der Waals surface area contributed by atoms with Gasteiger partial charge in [0.05, 0.1) is 5.92 Å². The Balaban J connectivity index is 1.98. The van der Waals surface area contributed by atoms with E-state index in [4.69, 9.17) is 5.11 Å². The monoisotopic (exact) mass is 225 g/mol. The fourth-order valence-corrected chi connectivity index (χ4v) is 2.89. The van der Waals surface area contributed by atoms with Crippen molar-refractivity contribution in [3.05, 3.63) is 22.4 Å². The van der Waals surface area contributed by atoms with Crippen LogP contribution in [-0.4, -0.2) is 28.6 Å². The molecule has 82 valence electrons. The van der Waals surface area contributed by atoms with E-state index < -0.39 is 5.97 Å². The maximum atomic E-state index is 10.9. The maximum Gasteiger partial charge on any atom is 0.308 e. The quantitative estimate of drug-likeness (QED) is 0.855. The van der Waals surface area contributed by atoms with E-state index in [-0.39, 0.29) is 12.0 Å². The summed E-state index contributed by atoms with van der Waals surface area (Å²) in [5.74, 6) is -0.846. The first-order valence-corrected chi connectivity index (χ1v) is 6.05. The van der Waals surface area contributed by atoms with E-state index in [0.29, 0.717) is 0 Å². The molecule has 0 amide bonds. The van der Waals surface area contributed by atoms with Gasteiger partial charge in [-0.25, -0.2) is 0 Å². The highest BCUT2D eigenvalue weighted by molar-refractivity contribution is 7.09. The summed E-state index contributed by atoms with van der Waals surface area (Å²) in [6, 6.07) is 4.30. The topological polar surface area (TPSA) is 40.5 Å². The Morgan fingerprint density at radius 1 is 1.73 bits per heavy atom. The molecule has 0 radical (unpaired) electrons. The number of rotatable bonds is 3. The third kappa shape index (κ3) is 2.21. The smallest absolute Gasteiger partial charge is 0.308 e. The summed E-state index contributed by atoms with van der Waals surface area (Å²) < 4.78 is 0. The second-order valence-corrected chi connectivity index (χ2v) is 5.06. The molecule has 0 aliphatic carbocycles. The van der Waals surface area contributed by atoms with Crippen molar-refractivity contribution in [3.8, 4) is 0 Å². The second-order valence-electron chi connectivity index (χ2n) is 4.02. The molecule has 4 heteroatoms. The first kappa shape index (κ1) is 10.6. The lowest BCUT2D eigenvalue weighted by Gasteiger charge is -2.22. The summed E-state index contributed by atoms with van der Waals surface area (Å²) in [7, 11) is 0. The van der Waals surface area contributed by atoms with Crippen LogP contribution in [0.15, 0.2) is 17.5 Å². The minimum absolute atomic E-state index is 0.157. The molecule has 1 aromatic rings. The van der Waals surface area contributed by atoms with Gasteiger partial charge in [-0.1, -0.05) is 6.07 Å². The number of aliphatic carboxylic acids is 1. The van der Waals surface area contributed by atoms with Gasteiger partial charge in [-0.15, -0.1) is 11.3 Å². The Kier molecular flexibility index (Phi) is 3.07. The number of hydrogen-bond donors (Lipinski definition) is 1. The van der Waals surface area contributed by atoms with E-state index in [1.165, 1.54) is 4.88 Å². The summed E-state index contributed by atoms with van der Waals surface area (Å²) >= 11 is 1.73. The fraction of sp³-hybridized carbons (Fsp3) is 0.545. The van der Waals surface area contributed by atoms with E-state index in [2.05, 4.69) is 16.3 Å². The van der Waals surface area contributed by atoms with Gasteiger partial charge >= 0.3 is 5.97 Å². The van der Waals surface area contributed by atoms with Crippen LogP contribution in [0.4, 0.5) is 0 Å². The molecule has 1 saturated heterocycles. The lowest BCUT2D eigenvalue weighted by Crippen LogP contribution is -2.32. The van der Waals surface area contributed by atoms with Crippen molar-refractivity contribution in [2.75, 3.05) is 6.54 Å². The van der Waals surface area contributed by atoms with Crippen molar-refractivity contribution in [1.82, 2.24) is 4.90 Å². The molecule has 1 aromatic heterocycles. The van der Waals surface area contributed by atoms with Crippen molar-refractivity contribution >= 4 is 17.3 Å². The molecule has 2 heterocycles. The van der Waals surface area contributed by atoms with Crippen LogP contribution >= 0.6 is 11.3 Å². The largest absolute Gasteiger partial charge is 0.481 e. The van der Waals surface area contributed by atoms with Crippen molar-refractivity contribution < 1.29 is 9.90 Å². The average Bonchev–Trinajstić information content (AvgIpc) is 2.78. The predicted molar refractivity (Wildman–Crippen MR) is 59.9 cm³/mol. The molecule has 2 atom stereocenters. The van der Waals surface area contributed by atoms with Crippen LogP contribution in [0.5, 0.6) is 0 Å². The third-order valence-corrected chi connectivity index (χ3v) is 4.00. The minimum Gasteiger partial charge on any atom is -0.481 e. The first-order valence-electron chi connectivity index (χ1n) is 5.17. The van der Waals surface area contributed by atoms with Gasteiger partial charge in [-0.05, 0) is 31.3 Å². The number of carbonyl (C=O) groups is 1. The zero-order chi connectivity index (χ0) is 10.8. The van der Waals surface area contributed by atoms with Gasteiger partial charge in [-0.2, -0.15) is 0 Å². The predicted octanol–water partition coefficient (Wildman–Crippen LogP) is 2.04. The maximum absolute atomic E-state index is 10.9. The van der Waals surface area contributed by atoms with Gasteiger partial charge < -0.3 is 5.11 Å². The molecule has 0 aromatic carbocycles. The Morgan fingerprint density at radius 3 is 3.07 bits per heavy atom. The number of thiophene rings is 1. The summed E-state index contributed by atoms with van der Waals surface area (Å²) in [5, 5.41) is 11.1. The molecule has 1 N–H and O–H groups in total. The van der Waals surface area contributed by atoms with E-state index >= 15 is 0 Å². The number of likely N-dealkylation sites (tertiary alicyclic amines) is 1. The zero-order valence-electron chi connectivity index (χ0n) is 8.72. The third-order valence-electron chi connectivity index (χ3n) is 3.14. The summed E-state index contributed by atoms with van der Waals surface area (Å²) in [6.07, 6.45) is 0.780. The van der Waals surface area contributed by atoms with Gasteiger partial charge in [0.1, 0.15) is 0 Å². The molecule has 0 spiro atoms. The minimum atomic E-state index is -0.656. The SMILES string of the molecule is CC1C(C(=O)O)CCN1Cc1cccs1. The Labute approximate surface area is 93.3 Å². The Morgan fingerprint density at radius 2 is 2.53 bits per heavy atom. The van der Waals surface area contributed by atoms with Crippen LogP contribution in [-0.2, 0) is 11.3 Å². The van der Waals surface area contributed by atoms with E-state index in [1.807, 2.05) is 13.0 Å². The molecule has 1 aliphatic rings. The standard InChI is InChI=1S/C11H15NO2S/c1-8-10(11(13)14)4-5-12(8)7-9-3-2-6-15-9/h2-3,6,8,10H,4-5,7H2,1H3,(H,13,14). The van der Waals surface area contributed by atoms with Gasteiger partial charge in [0, 0.05) is 17.5 Å². The lowest BCUT2D eigenvalue weighted by atomic mass is 10.0. The van der Waals surface area contributed by atoms with Crippen molar-refractivity contribution in [3.63, 3.8) is 0 Å². The van der Waals surface area contributed by atoms with Crippen LogP contribution in [0.25, 0.3) is 0 Å². The number of hydrogen-bond acceptors (Lipinski definition) is 3. The molecular formula is C11H15NO2S. The van der Waals surface area contributed by atoms with Crippen LogP contribution in [0, 0.1) is 5.92 Å². The highest BCUT2D eigenvalue weighted by Gasteiger charge is 2.35. The van der Waals surface area contributed by atoms with Crippen LogP contribution in [0.1, 0.15) is 18.2 Å². The first-order chi connectivity index (χ1) is 7.18. The number of carboxylic acid groups (broad SMARTS) is 1. The van der Waals surface area contributed by atoms with Gasteiger partial charge in [0.2, 0.25) is 0 Å².